The number of carbonyl (C=O) groups is 2. The van der Waals surface area contributed by atoms with Gasteiger partial charge < -0.3 is 14.4 Å². The van der Waals surface area contributed by atoms with E-state index in [4.69, 9.17) is 9.47 Å². The fraction of sp³-hybridized carbons (Fsp3) is 0.367. The van der Waals surface area contributed by atoms with Gasteiger partial charge in [0.2, 0.25) is 5.88 Å². The van der Waals surface area contributed by atoms with Gasteiger partial charge in [-0.1, -0.05) is 48.5 Å². The first-order valence-electron chi connectivity index (χ1n) is 12.7. The number of carbonyl (C=O) groups excluding carboxylic acids is 2. The summed E-state index contributed by atoms with van der Waals surface area (Å²) in [5, 5.41) is 0. The Morgan fingerprint density at radius 3 is 2.11 bits per heavy atom. The third-order valence-electron chi connectivity index (χ3n) is 8.19. The van der Waals surface area contributed by atoms with Crippen molar-refractivity contribution >= 4 is 11.9 Å². The van der Waals surface area contributed by atoms with Gasteiger partial charge in [-0.3, -0.25) is 4.79 Å². The molecule has 2 atom stereocenters. The van der Waals surface area contributed by atoms with Gasteiger partial charge >= 0.3 is 6.09 Å². The highest BCUT2D eigenvalue weighted by Crippen LogP contribution is 2.45. The van der Waals surface area contributed by atoms with E-state index >= 15 is 0 Å². The molecule has 1 aromatic heterocycles. The van der Waals surface area contributed by atoms with Crippen molar-refractivity contribution < 1.29 is 19.1 Å². The zero-order chi connectivity index (χ0) is 24.8. The first kappa shape index (κ1) is 22.8. The van der Waals surface area contributed by atoms with Crippen LogP contribution in [0.15, 0.2) is 60.7 Å². The number of ether oxygens (including phenoxy) is 2. The average molecular weight is 483 g/mol. The van der Waals surface area contributed by atoms with Crippen LogP contribution in [0.2, 0.25) is 0 Å². The summed E-state index contributed by atoms with van der Waals surface area (Å²) in [6.07, 6.45) is 2.92. The van der Waals surface area contributed by atoms with E-state index in [2.05, 4.69) is 41.4 Å². The Morgan fingerprint density at radius 1 is 0.917 bits per heavy atom. The lowest BCUT2D eigenvalue weighted by atomic mass is 9.84. The Bertz CT molecular complexity index is 1280. The molecule has 2 bridgehead atoms. The van der Waals surface area contributed by atoms with E-state index in [0.29, 0.717) is 36.6 Å². The number of pyridine rings is 1. The Balaban J connectivity index is 1.14. The number of piperidine rings is 1. The Kier molecular flexibility index (Phi) is 5.75. The van der Waals surface area contributed by atoms with Crippen molar-refractivity contribution in [2.24, 2.45) is 5.92 Å². The molecule has 6 rings (SSSR count). The van der Waals surface area contributed by atoms with E-state index in [1.807, 2.05) is 30.0 Å². The summed E-state index contributed by atoms with van der Waals surface area (Å²) in [6.45, 7) is 2.16. The fourth-order valence-electron chi connectivity index (χ4n) is 6.49. The molecular formula is C30H30N2O4. The van der Waals surface area contributed by atoms with Gasteiger partial charge in [-0.15, -0.1) is 0 Å². The third kappa shape index (κ3) is 3.76. The average Bonchev–Trinajstić information content (AvgIpc) is 3.37. The molecule has 0 N–H and O–H groups in total. The normalized spacial score (nSPS) is 22.2. The molecule has 3 heterocycles. The number of nitrogens with zero attached hydrogens (tertiary/aromatic N) is 2. The number of methoxy groups -OCH3 is 1. The van der Waals surface area contributed by atoms with Crippen molar-refractivity contribution in [2.75, 3.05) is 13.7 Å². The highest BCUT2D eigenvalue weighted by molar-refractivity contribution is 5.99. The van der Waals surface area contributed by atoms with Crippen LogP contribution in [-0.2, 0) is 4.74 Å². The lowest BCUT2D eigenvalue weighted by Crippen LogP contribution is -2.48. The van der Waals surface area contributed by atoms with Crippen LogP contribution in [0.25, 0.3) is 11.1 Å². The number of amides is 1. The van der Waals surface area contributed by atoms with Gasteiger partial charge in [0.05, 0.1) is 12.8 Å². The highest BCUT2D eigenvalue weighted by atomic mass is 16.6. The van der Waals surface area contributed by atoms with Crippen LogP contribution in [0.5, 0.6) is 5.88 Å². The summed E-state index contributed by atoms with van der Waals surface area (Å²) in [4.78, 5) is 32.9. The van der Waals surface area contributed by atoms with E-state index in [0.717, 1.165) is 12.8 Å². The molecule has 184 valence electrons. The smallest absolute Gasteiger partial charge is 0.410 e. The minimum Gasteiger partial charge on any atom is -0.481 e. The first-order chi connectivity index (χ1) is 17.5. The number of rotatable bonds is 5. The van der Waals surface area contributed by atoms with E-state index in [1.165, 1.54) is 22.3 Å². The second-order valence-corrected chi connectivity index (χ2v) is 10.1. The van der Waals surface area contributed by atoms with E-state index in [-0.39, 0.29) is 35.8 Å². The molecule has 6 heteroatoms. The van der Waals surface area contributed by atoms with Crippen molar-refractivity contribution in [3.8, 4) is 17.0 Å². The largest absolute Gasteiger partial charge is 0.481 e. The molecule has 2 aromatic carbocycles. The van der Waals surface area contributed by atoms with Crippen LogP contribution in [0.3, 0.4) is 0 Å². The maximum Gasteiger partial charge on any atom is 0.410 e. The molecule has 0 radical (unpaired) electrons. The SMILES string of the molecule is COc1ccc(C(=O)C2CC3CCC(C2)N3C(=O)OCC2c3ccccc3-c3ccccc32)c(C)n1. The molecular weight excluding hydrogens is 452 g/mol. The fourth-order valence-corrected chi connectivity index (χ4v) is 6.49. The van der Waals surface area contributed by atoms with Crippen LogP contribution in [-0.4, -0.2) is 47.6 Å². The monoisotopic (exact) mass is 482 g/mol. The summed E-state index contributed by atoms with van der Waals surface area (Å²) in [5.74, 6) is 0.568. The predicted octanol–water partition coefficient (Wildman–Crippen LogP) is 5.77. The summed E-state index contributed by atoms with van der Waals surface area (Å²) in [6, 6.07) is 20.4. The number of fused-ring (bicyclic) bond motifs is 5. The van der Waals surface area contributed by atoms with Crippen molar-refractivity contribution in [2.45, 2.75) is 50.6 Å². The molecule has 2 fully saturated rings. The first-order valence-corrected chi connectivity index (χ1v) is 12.7. The molecule has 2 unspecified atom stereocenters. The molecule has 1 amide bonds. The second-order valence-electron chi connectivity index (χ2n) is 10.1. The highest BCUT2D eigenvalue weighted by Gasteiger charge is 2.46. The van der Waals surface area contributed by atoms with E-state index in [9.17, 15) is 9.59 Å². The van der Waals surface area contributed by atoms with Gasteiger partial charge in [0, 0.05) is 35.5 Å². The number of hydrogen-bond donors (Lipinski definition) is 0. The lowest BCUT2D eigenvalue weighted by molar-refractivity contribution is 0.0505. The van der Waals surface area contributed by atoms with Gasteiger partial charge in [0.15, 0.2) is 5.78 Å². The standard InChI is InChI=1S/C30H30N2O4/c1-18-22(13-14-28(31-18)35-2)29(33)19-15-20-11-12-21(16-19)32(20)30(34)36-17-27-25-9-5-3-7-23(25)24-8-4-6-10-26(24)27/h3-10,13-14,19-21,27H,11-12,15-17H2,1-2H3. The van der Waals surface area contributed by atoms with Crippen molar-refractivity contribution in [3.05, 3.63) is 83.0 Å². The number of benzene rings is 2. The van der Waals surface area contributed by atoms with Gasteiger partial charge in [-0.25, -0.2) is 9.78 Å². The van der Waals surface area contributed by atoms with E-state index in [1.54, 1.807) is 13.2 Å². The lowest BCUT2D eigenvalue weighted by Gasteiger charge is -2.38. The maximum absolute atomic E-state index is 13.3. The van der Waals surface area contributed by atoms with Crippen LogP contribution < -0.4 is 4.74 Å². The van der Waals surface area contributed by atoms with Crippen molar-refractivity contribution in [3.63, 3.8) is 0 Å². The number of aromatic nitrogens is 1. The number of aryl methyl sites for hydroxylation is 1. The summed E-state index contributed by atoms with van der Waals surface area (Å²) in [5.41, 5.74) is 6.19. The summed E-state index contributed by atoms with van der Waals surface area (Å²) < 4.78 is 11.1. The predicted molar refractivity (Wildman–Crippen MR) is 136 cm³/mol. The maximum atomic E-state index is 13.3. The molecule has 2 saturated heterocycles. The molecule has 6 nitrogen and oxygen atoms in total. The second kappa shape index (κ2) is 9.08. The number of Topliss-reactive ketones (excluding diaryl/α,β-unsaturated/α-hetero) is 1. The van der Waals surface area contributed by atoms with Crippen LogP contribution in [0, 0.1) is 12.8 Å². The summed E-state index contributed by atoms with van der Waals surface area (Å²) >= 11 is 0. The van der Waals surface area contributed by atoms with Gasteiger partial charge in [0.1, 0.15) is 6.61 Å². The molecule has 3 aromatic rings. The molecule has 2 aliphatic heterocycles. The van der Waals surface area contributed by atoms with Crippen LogP contribution in [0.1, 0.15) is 58.8 Å². The van der Waals surface area contributed by atoms with E-state index < -0.39 is 0 Å². The number of hydrogen-bond acceptors (Lipinski definition) is 5. The van der Waals surface area contributed by atoms with Gasteiger partial charge in [0.25, 0.3) is 0 Å². The van der Waals surface area contributed by atoms with Gasteiger partial charge in [-0.2, -0.15) is 0 Å². The molecule has 0 spiro atoms. The molecule has 0 saturated carbocycles. The Hall–Kier alpha value is -3.67. The zero-order valence-corrected chi connectivity index (χ0v) is 20.6. The topological polar surface area (TPSA) is 68.7 Å². The van der Waals surface area contributed by atoms with Crippen LogP contribution in [0.4, 0.5) is 4.79 Å². The summed E-state index contributed by atoms with van der Waals surface area (Å²) in [7, 11) is 1.57. The minimum absolute atomic E-state index is 0.0415. The van der Waals surface area contributed by atoms with Crippen LogP contribution >= 0.6 is 0 Å². The zero-order valence-electron chi connectivity index (χ0n) is 20.6. The molecule has 36 heavy (non-hydrogen) atoms. The Labute approximate surface area is 211 Å². The number of ketones is 1. The van der Waals surface area contributed by atoms with Gasteiger partial charge in [-0.05, 0) is 60.9 Å². The quantitative estimate of drug-likeness (QED) is 0.432. The Morgan fingerprint density at radius 2 is 1.53 bits per heavy atom. The van der Waals surface area contributed by atoms with Crippen molar-refractivity contribution in [1.29, 1.82) is 0 Å². The minimum atomic E-state index is -0.252. The molecule has 3 aliphatic rings. The van der Waals surface area contributed by atoms with Crippen molar-refractivity contribution in [1.82, 2.24) is 9.88 Å². The molecule has 1 aliphatic carbocycles. The third-order valence-corrected chi connectivity index (χ3v) is 8.19.